The average molecular weight is 236 g/mol. The Morgan fingerprint density at radius 3 is 2.38 bits per heavy atom. The molecule has 0 bridgehead atoms. The summed E-state index contributed by atoms with van der Waals surface area (Å²) in [6.45, 7) is 3.63. The van der Waals surface area contributed by atoms with Gasteiger partial charge in [-0.05, 0) is 19.4 Å². The van der Waals surface area contributed by atoms with Gasteiger partial charge in [0.25, 0.3) is 0 Å². The van der Waals surface area contributed by atoms with Crippen LogP contribution in [0.5, 0.6) is 0 Å². The van der Waals surface area contributed by atoms with E-state index in [1.54, 1.807) is 6.92 Å². The van der Waals surface area contributed by atoms with Crippen molar-refractivity contribution in [3.05, 3.63) is 35.9 Å². The number of carbonyl (C=O) groups excluding carboxylic acids is 1. The molecule has 0 aliphatic carbocycles. The Kier molecular flexibility index (Phi) is 4.43. The fourth-order valence-electron chi connectivity index (χ4n) is 1.29. The number of amides is 1. The molecule has 1 aromatic rings. The molecule has 0 aliphatic rings. The Labute approximate surface area is 101 Å². The molecule has 86 valence electrons. The van der Waals surface area contributed by atoms with Crippen molar-refractivity contribution in [2.24, 2.45) is 11.7 Å². The van der Waals surface area contributed by atoms with Crippen LogP contribution in [0, 0.1) is 5.92 Å². The van der Waals surface area contributed by atoms with Gasteiger partial charge in [0.15, 0.2) is 0 Å². The molecule has 4 heteroatoms. The van der Waals surface area contributed by atoms with E-state index in [0.717, 1.165) is 5.56 Å². The van der Waals surface area contributed by atoms with Gasteiger partial charge in [0.05, 0.1) is 16.9 Å². The first-order chi connectivity index (χ1) is 7.52. The molecule has 0 spiro atoms. The quantitative estimate of drug-likeness (QED) is 0.784. The van der Waals surface area contributed by atoms with Gasteiger partial charge in [-0.2, -0.15) is 0 Å². The molecule has 1 aromatic carbocycles. The molecule has 3 N–H and O–H groups in total. The molecule has 2 atom stereocenters. The van der Waals surface area contributed by atoms with Gasteiger partial charge in [0, 0.05) is 0 Å². The van der Waals surface area contributed by atoms with Crippen LogP contribution in [0.3, 0.4) is 0 Å². The molecular weight excluding hydrogens is 220 g/mol. The van der Waals surface area contributed by atoms with E-state index in [1.165, 1.54) is 0 Å². The molecule has 0 saturated heterocycles. The lowest BCUT2D eigenvalue weighted by Crippen LogP contribution is -2.37. The van der Waals surface area contributed by atoms with Crippen molar-refractivity contribution in [1.82, 2.24) is 5.32 Å². The Balaban J connectivity index is 2.62. The van der Waals surface area contributed by atoms with Crippen molar-refractivity contribution in [1.29, 1.82) is 0 Å². The maximum absolute atomic E-state index is 11.7. The highest BCUT2D eigenvalue weighted by molar-refractivity contribution is 7.80. The first-order valence-electron chi connectivity index (χ1n) is 5.17. The molecular formula is C12H16N2OS. The number of nitrogens with two attached hydrogens (primary N) is 1. The fourth-order valence-corrected chi connectivity index (χ4v) is 1.40. The third-order valence-electron chi connectivity index (χ3n) is 2.48. The van der Waals surface area contributed by atoms with Gasteiger partial charge in [-0.25, -0.2) is 0 Å². The number of benzene rings is 1. The van der Waals surface area contributed by atoms with Gasteiger partial charge in [0.2, 0.25) is 5.91 Å². The minimum atomic E-state index is -0.429. The molecule has 0 saturated carbocycles. The molecule has 1 amide bonds. The van der Waals surface area contributed by atoms with Crippen LogP contribution in [0.4, 0.5) is 0 Å². The van der Waals surface area contributed by atoms with Gasteiger partial charge in [-0.15, -0.1) is 0 Å². The molecule has 0 aromatic heterocycles. The maximum atomic E-state index is 11.7. The Morgan fingerprint density at radius 1 is 1.31 bits per heavy atom. The first-order valence-corrected chi connectivity index (χ1v) is 5.58. The summed E-state index contributed by atoms with van der Waals surface area (Å²) in [7, 11) is 0. The van der Waals surface area contributed by atoms with Gasteiger partial charge >= 0.3 is 0 Å². The zero-order valence-electron chi connectivity index (χ0n) is 9.44. The normalized spacial score (nSPS) is 13.9. The van der Waals surface area contributed by atoms with Gasteiger partial charge < -0.3 is 11.1 Å². The molecule has 0 heterocycles. The van der Waals surface area contributed by atoms with Gasteiger partial charge in [-0.1, -0.05) is 42.5 Å². The number of nitrogens with one attached hydrogen (secondary N) is 1. The van der Waals surface area contributed by atoms with Crippen LogP contribution in [0.25, 0.3) is 0 Å². The van der Waals surface area contributed by atoms with Crippen LogP contribution in [0.1, 0.15) is 25.5 Å². The summed E-state index contributed by atoms with van der Waals surface area (Å²) in [4.78, 5) is 11.9. The van der Waals surface area contributed by atoms with E-state index in [1.807, 2.05) is 37.3 Å². The van der Waals surface area contributed by atoms with Crippen LogP contribution >= 0.6 is 12.2 Å². The van der Waals surface area contributed by atoms with Crippen molar-refractivity contribution >= 4 is 23.1 Å². The van der Waals surface area contributed by atoms with E-state index in [2.05, 4.69) is 5.32 Å². The van der Waals surface area contributed by atoms with E-state index in [9.17, 15) is 4.79 Å². The maximum Gasteiger partial charge on any atom is 0.230 e. The lowest BCUT2D eigenvalue weighted by Gasteiger charge is -2.17. The van der Waals surface area contributed by atoms with Crippen molar-refractivity contribution in [2.45, 2.75) is 19.9 Å². The first kappa shape index (κ1) is 12.6. The summed E-state index contributed by atoms with van der Waals surface area (Å²) in [5, 5.41) is 2.87. The van der Waals surface area contributed by atoms with Crippen molar-refractivity contribution in [3.8, 4) is 0 Å². The third-order valence-corrected chi connectivity index (χ3v) is 2.83. The second-order valence-electron chi connectivity index (χ2n) is 3.77. The van der Waals surface area contributed by atoms with Crippen molar-refractivity contribution in [3.63, 3.8) is 0 Å². The minimum absolute atomic E-state index is 0.0366. The molecule has 0 aliphatic heterocycles. The molecule has 3 nitrogen and oxygen atoms in total. The molecule has 16 heavy (non-hydrogen) atoms. The summed E-state index contributed by atoms with van der Waals surface area (Å²) in [6, 6.07) is 9.72. The minimum Gasteiger partial charge on any atom is -0.393 e. The number of hydrogen-bond donors (Lipinski definition) is 2. The number of thiocarbonyl (C=S) groups is 1. The third kappa shape index (κ3) is 3.31. The molecule has 0 radical (unpaired) electrons. The lowest BCUT2D eigenvalue weighted by molar-refractivity contribution is -0.123. The molecule has 2 unspecified atom stereocenters. The second-order valence-corrected chi connectivity index (χ2v) is 4.24. The standard InChI is InChI=1S/C12H16N2OS/c1-8(11(13)16)12(15)14-9(2)10-6-4-3-5-7-10/h3-9H,1-2H3,(H2,13,16)(H,14,15). The SMILES string of the molecule is CC(C(=O)NC(C)c1ccccc1)C(N)=S. The zero-order chi connectivity index (χ0) is 12.1. The lowest BCUT2D eigenvalue weighted by atomic mass is 10.1. The highest BCUT2D eigenvalue weighted by atomic mass is 32.1. The fraction of sp³-hybridized carbons (Fsp3) is 0.333. The molecule has 1 rings (SSSR count). The average Bonchev–Trinajstić information content (AvgIpc) is 2.28. The van der Waals surface area contributed by atoms with Crippen LogP contribution in [0.15, 0.2) is 30.3 Å². The van der Waals surface area contributed by atoms with E-state index in [0.29, 0.717) is 0 Å². The number of hydrogen-bond acceptors (Lipinski definition) is 2. The summed E-state index contributed by atoms with van der Waals surface area (Å²) < 4.78 is 0. The highest BCUT2D eigenvalue weighted by Gasteiger charge is 2.17. The Hall–Kier alpha value is -1.42. The van der Waals surface area contributed by atoms with Gasteiger partial charge in [-0.3, -0.25) is 4.79 Å². The van der Waals surface area contributed by atoms with Crippen molar-refractivity contribution in [2.75, 3.05) is 0 Å². The smallest absolute Gasteiger partial charge is 0.230 e. The van der Waals surface area contributed by atoms with E-state index in [4.69, 9.17) is 18.0 Å². The van der Waals surface area contributed by atoms with E-state index < -0.39 is 5.92 Å². The van der Waals surface area contributed by atoms with Crippen LogP contribution < -0.4 is 11.1 Å². The topological polar surface area (TPSA) is 55.1 Å². The second kappa shape index (κ2) is 5.61. The predicted molar refractivity (Wildman–Crippen MR) is 68.9 cm³/mol. The summed E-state index contributed by atoms with van der Waals surface area (Å²) >= 11 is 4.78. The van der Waals surface area contributed by atoms with Crippen LogP contribution in [0.2, 0.25) is 0 Å². The monoisotopic (exact) mass is 236 g/mol. The zero-order valence-corrected chi connectivity index (χ0v) is 10.3. The Bertz CT molecular complexity index is 378. The Morgan fingerprint density at radius 2 is 1.88 bits per heavy atom. The predicted octanol–water partition coefficient (Wildman–Crippen LogP) is 1.79. The number of rotatable bonds is 4. The van der Waals surface area contributed by atoms with Crippen LogP contribution in [-0.4, -0.2) is 10.9 Å². The van der Waals surface area contributed by atoms with Crippen LogP contribution in [-0.2, 0) is 4.79 Å². The summed E-state index contributed by atoms with van der Waals surface area (Å²) in [5.41, 5.74) is 6.48. The largest absolute Gasteiger partial charge is 0.393 e. The highest BCUT2D eigenvalue weighted by Crippen LogP contribution is 2.11. The molecule has 0 fully saturated rings. The van der Waals surface area contributed by atoms with Crippen molar-refractivity contribution < 1.29 is 4.79 Å². The number of carbonyl (C=O) groups is 1. The summed E-state index contributed by atoms with van der Waals surface area (Å²) in [6.07, 6.45) is 0. The van der Waals surface area contributed by atoms with E-state index in [-0.39, 0.29) is 16.9 Å². The van der Waals surface area contributed by atoms with Gasteiger partial charge in [0.1, 0.15) is 0 Å². The van der Waals surface area contributed by atoms with E-state index >= 15 is 0 Å². The summed E-state index contributed by atoms with van der Waals surface area (Å²) in [5.74, 6) is -0.565.